The lowest BCUT2D eigenvalue weighted by Crippen LogP contribution is -2.35. The fourth-order valence-electron chi connectivity index (χ4n) is 2.19. The molecule has 0 atom stereocenters. The van der Waals surface area contributed by atoms with Crippen LogP contribution in [-0.4, -0.2) is 25.0 Å². The zero-order valence-electron chi connectivity index (χ0n) is 14.0. The molecule has 0 spiro atoms. The summed E-state index contributed by atoms with van der Waals surface area (Å²) < 4.78 is 5.89. The van der Waals surface area contributed by atoms with Crippen LogP contribution in [0.3, 0.4) is 0 Å². The van der Waals surface area contributed by atoms with Crippen LogP contribution in [0.15, 0.2) is 65.1 Å². The van der Waals surface area contributed by atoms with Gasteiger partial charge in [0.2, 0.25) is 0 Å². The fraction of sp³-hybridized carbons (Fsp3) is 0.150. The number of nitrogens with zero attached hydrogens (tertiary/aromatic N) is 2. The Kier molecular flexibility index (Phi) is 7.59. The molecule has 0 saturated heterocycles. The molecule has 26 heavy (non-hydrogen) atoms. The molecule has 0 fully saturated rings. The van der Waals surface area contributed by atoms with Gasteiger partial charge in [-0.05, 0) is 29.8 Å². The Morgan fingerprint density at radius 3 is 2.50 bits per heavy atom. The highest BCUT2D eigenvalue weighted by molar-refractivity contribution is 9.10. The fourth-order valence-corrected chi connectivity index (χ4v) is 2.61. The number of halogens is 1. The second kappa shape index (κ2) is 10.2. The average molecular weight is 413 g/mol. The lowest BCUT2D eigenvalue weighted by molar-refractivity contribution is -0.142. The van der Waals surface area contributed by atoms with Gasteiger partial charge in [0, 0.05) is 22.8 Å². The van der Waals surface area contributed by atoms with Gasteiger partial charge in [0.15, 0.2) is 6.61 Å². The first-order chi connectivity index (χ1) is 12.6. The average Bonchev–Trinajstić information content (AvgIpc) is 2.67. The molecular formula is C20H17BrN2O3. The van der Waals surface area contributed by atoms with Crippen LogP contribution in [0.2, 0.25) is 0 Å². The van der Waals surface area contributed by atoms with Crippen molar-refractivity contribution in [2.75, 3.05) is 18.1 Å². The van der Waals surface area contributed by atoms with Gasteiger partial charge in [-0.2, -0.15) is 5.26 Å². The first kappa shape index (κ1) is 19.4. The Labute approximate surface area is 160 Å². The topological polar surface area (TPSA) is 70.4 Å². The van der Waals surface area contributed by atoms with Crippen LogP contribution in [0.1, 0.15) is 12.0 Å². The second-order valence-electron chi connectivity index (χ2n) is 5.25. The normalized spacial score (nSPS) is 10.3. The van der Waals surface area contributed by atoms with E-state index in [1.165, 1.54) is 11.0 Å². The summed E-state index contributed by atoms with van der Waals surface area (Å²) in [5, 5.41) is 8.78. The van der Waals surface area contributed by atoms with Crippen LogP contribution < -0.4 is 4.90 Å². The maximum absolute atomic E-state index is 12.4. The first-order valence-corrected chi connectivity index (χ1v) is 8.73. The van der Waals surface area contributed by atoms with E-state index in [2.05, 4.69) is 15.9 Å². The number of hydrogen-bond donors (Lipinski definition) is 0. The summed E-state index contributed by atoms with van der Waals surface area (Å²) in [4.78, 5) is 25.7. The van der Waals surface area contributed by atoms with E-state index in [1.807, 2.05) is 36.4 Å². The molecule has 0 N–H and O–H groups in total. The van der Waals surface area contributed by atoms with Gasteiger partial charge in [0.05, 0.1) is 12.5 Å². The lowest BCUT2D eigenvalue weighted by atomic mass is 10.2. The van der Waals surface area contributed by atoms with Crippen LogP contribution in [0.25, 0.3) is 6.08 Å². The second-order valence-corrected chi connectivity index (χ2v) is 6.11. The van der Waals surface area contributed by atoms with Gasteiger partial charge in [-0.15, -0.1) is 0 Å². The standard InChI is InChI=1S/C20H17BrN2O3/c21-18-10-5-4-7-16(18)11-12-20(25)26-15-19(24)23(14-6-13-22)17-8-2-1-3-9-17/h1-5,7-12H,6,14-15H2/b12-11+. The molecule has 0 aliphatic rings. The number of rotatable bonds is 7. The predicted octanol–water partition coefficient (Wildman–Crippen LogP) is 3.95. The van der Waals surface area contributed by atoms with Crippen molar-refractivity contribution in [1.82, 2.24) is 0 Å². The van der Waals surface area contributed by atoms with Crippen molar-refractivity contribution in [3.8, 4) is 6.07 Å². The summed E-state index contributed by atoms with van der Waals surface area (Å²) >= 11 is 3.39. The number of para-hydroxylation sites is 1. The summed E-state index contributed by atoms with van der Waals surface area (Å²) in [5.74, 6) is -0.989. The van der Waals surface area contributed by atoms with E-state index in [4.69, 9.17) is 10.00 Å². The molecule has 132 valence electrons. The molecule has 0 radical (unpaired) electrons. The number of carbonyl (C=O) groups is 2. The summed E-state index contributed by atoms with van der Waals surface area (Å²) in [6.07, 6.45) is 3.08. The molecule has 0 aromatic heterocycles. The predicted molar refractivity (Wildman–Crippen MR) is 103 cm³/mol. The minimum Gasteiger partial charge on any atom is -0.452 e. The molecule has 6 heteroatoms. The summed E-state index contributed by atoms with van der Waals surface area (Å²) in [7, 11) is 0. The van der Waals surface area contributed by atoms with Gasteiger partial charge in [0.25, 0.3) is 5.91 Å². The minimum atomic E-state index is -0.609. The Hall–Kier alpha value is -2.91. The van der Waals surface area contributed by atoms with Gasteiger partial charge < -0.3 is 9.64 Å². The highest BCUT2D eigenvalue weighted by atomic mass is 79.9. The summed E-state index contributed by atoms with van der Waals surface area (Å²) in [6.45, 7) is -0.150. The Balaban J connectivity index is 1.95. The maximum Gasteiger partial charge on any atom is 0.331 e. The molecular weight excluding hydrogens is 396 g/mol. The van der Waals surface area contributed by atoms with Crippen LogP contribution >= 0.6 is 15.9 Å². The molecule has 0 aliphatic heterocycles. The van der Waals surface area contributed by atoms with Crippen LogP contribution in [-0.2, 0) is 14.3 Å². The van der Waals surface area contributed by atoms with Gasteiger partial charge in [-0.1, -0.05) is 52.3 Å². The molecule has 1 amide bonds. The van der Waals surface area contributed by atoms with Crippen molar-refractivity contribution in [3.05, 3.63) is 70.7 Å². The Bertz CT molecular complexity index is 828. The summed E-state index contributed by atoms with van der Waals surface area (Å²) in [5.41, 5.74) is 1.49. The molecule has 0 bridgehead atoms. The Morgan fingerprint density at radius 1 is 1.12 bits per heavy atom. The van der Waals surface area contributed by atoms with Crippen molar-refractivity contribution in [3.63, 3.8) is 0 Å². The van der Waals surface area contributed by atoms with Gasteiger partial charge >= 0.3 is 5.97 Å². The van der Waals surface area contributed by atoms with E-state index in [-0.39, 0.29) is 25.5 Å². The molecule has 0 aliphatic carbocycles. The third-order valence-electron chi connectivity index (χ3n) is 3.46. The number of esters is 1. The Morgan fingerprint density at radius 2 is 1.81 bits per heavy atom. The van der Waals surface area contributed by atoms with E-state index in [0.29, 0.717) is 5.69 Å². The molecule has 0 heterocycles. The lowest BCUT2D eigenvalue weighted by Gasteiger charge is -2.21. The molecule has 2 aromatic carbocycles. The smallest absolute Gasteiger partial charge is 0.331 e. The minimum absolute atomic E-state index is 0.191. The zero-order chi connectivity index (χ0) is 18.8. The third kappa shape index (κ3) is 5.87. The maximum atomic E-state index is 12.4. The third-order valence-corrected chi connectivity index (χ3v) is 4.18. The number of nitriles is 1. The number of carbonyl (C=O) groups excluding carboxylic acids is 2. The molecule has 0 unspecified atom stereocenters. The van der Waals surface area contributed by atoms with Crippen molar-refractivity contribution in [1.29, 1.82) is 5.26 Å². The number of amides is 1. The van der Waals surface area contributed by atoms with Crippen molar-refractivity contribution >= 4 is 39.6 Å². The molecule has 0 saturated carbocycles. The van der Waals surface area contributed by atoms with E-state index in [9.17, 15) is 9.59 Å². The number of anilines is 1. The van der Waals surface area contributed by atoms with Crippen LogP contribution in [0, 0.1) is 11.3 Å². The van der Waals surface area contributed by atoms with Crippen molar-refractivity contribution in [2.24, 2.45) is 0 Å². The van der Waals surface area contributed by atoms with Crippen molar-refractivity contribution < 1.29 is 14.3 Å². The van der Waals surface area contributed by atoms with E-state index >= 15 is 0 Å². The highest BCUT2D eigenvalue weighted by Gasteiger charge is 2.16. The number of benzene rings is 2. The first-order valence-electron chi connectivity index (χ1n) is 7.93. The number of ether oxygens (including phenoxy) is 1. The molecule has 2 rings (SSSR count). The summed E-state index contributed by atoms with van der Waals surface area (Å²) in [6, 6.07) is 18.4. The van der Waals surface area contributed by atoms with Crippen molar-refractivity contribution in [2.45, 2.75) is 6.42 Å². The van der Waals surface area contributed by atoms with Crippen LogP contribution in [0.5, 0.6) is 0 Å². The monoisotopic (exact) mass is 412 g/mol. The largest absolute Gasteiger partial charge is 0.452 e. The van der Waals surface area contributed by atoms with E-state index < -0.39 is 5.97 Å². The van der Waals surface area contributed by atoms with Crippen LogP contribution in [0.4, 0.5) is 5.69 Å². The molecule has 5 nitrogen and oxygen atoms in total. The number of hydrogen-bond acceptors (Lipinski definition) is 4. The SMILES string of the molecule is N#CCCN(C(=O)COC(=O)/C=C/c1ccccc1Br)c1ccccc1. The van der Waals surface area contributed by atoms with E-state index in [1.54, 1.807) is 30.3 Å². The van der Waals surface area contributed by atoms with Gasteiger partial charge in [-0.3, -0.25) is 4.79 Å². The molecule has 2 aromatic rings. The quantitative estimate of drug-likeness (QED) is 0.509. The van der Waals surface area contributed by atoms with E-state index in [0.717, 1.165) is 10.0 Å². The van der Waals surface area contributed by atoms with Gasteiger partial charge in [0.1, 0.15) is 0 Å². The zero-order valence-corrected chi connectivity index (χ0v) is 15.6. The highest BCUT2D eigenvalue weighted by Crippen LogP contribution is 2.17. The van der Waals surface area contributed by atoms with Gasteiger partial charge in [-0.25, -0.2) is 4.79 Å².